The molecular weight excluding hydrogens is 252 g/mol. The van der Waals surface area contributed by atoms with Crippen molar-refractivity contribution < 1.29 is 13.2 Å². The molecule has 1 aromatic rings. The number of nitrogens with two attached hydrogens (primary N) is 1. The lowest BCUT2D eigenvalue weighted by Gasteiger charge is -2.14. The molecule has 0 heterocycles. The van der Waals surface area contributed by atoms with Crippen LogP contribution in [0.1, 0.15) is 18.1 Å². The van der Waals surface area contributed by atoms with Crippen LogP contribution in [0.25, 0.3) is 0 Å². The summed E-state index contributed by atoms with van der Waals surface area (Å²) in [5, 5.41) is 1.50. The second-order valence-corrected chi connectivity index (χ2v) is 6.85. The first-order valence-corrected chi connectivity index (χ1v) is 7.45. The Balaban J connectivity index is 2.99. The molecule has 0 aliphatic carbocycles. The molecule has 1 rings (SSSR count). The first kappa shape index (κ1) is 14.5. The summed E-state index contributed by atoms with van der Waals surface area (Å²) in [5.74, 6) is -0.552. The third kappa shape index (κ3) is 3.22. The molecule has 100 valence electrons. The fraction of sp³-hybridized carbons (Fsp3) is 0.417. The summed E-state index contributed by atoms with van der Waals surface area (Å²) >= 11 is 0. The number of nitrogens with one attached hydrogen (secondary N) is 1. The Morgan fingerprint density at radius 1 is 1.28 bits per heavy atom. The zero-order chi connectivity index (χ0) is 14.1. The second kappa shape index (κ2) is 4.97. The van der Waals surface area contributed by atoms with E-state index in [4.69, 9.17) is 5.73 Å². The third-order valence-electron chi connectivity index (χ3n) is 2.88. The van der Waals surface area contributed by atoms with Gasteiger partial charge in [0.1, 0.15) is 5.25 Å². The number of amides is 1. The molecule has 1 amide bonds. The summed E-state index contributed by atoms with van der Waals surface area (Å²) < 4.78 is 22.6. The predicted octanol–water partition coefficient (Wildman–Crippen LogP) is 1.26. The van der Waals surface area contributed by atoms with Gasteiger partial charge in [0.05, 0.1) is 0 Å². The number of sulfone groups is 1. The van der Waals surface area contributed by atoms with Crippen molar-refractivity contribution >= 4 is 27.1 Å². The van der Waals surface area contributed by atoms with E-state index < -0.39 is 21.0 Å². The maximum absolute atomic E-state index is 11.8. The Labute approximate surface area is 107 Å². The molecule has 0 fully saturated rings. The lowest BCUT2D eigenvalue weighted by molar-refractivity contribution is -0.115. The number of hydrogen-bond acceptors (Lipinski definition) is 4. The second-order valence-electron chi connectivity index (χ2n) is 4.48. The van der Waals surface area contributed by atoms with E-state index in [2.05, 4.69) is 5.32 Å². The van der Waals surface area contributed by atoms with E-state index in [0.29, 0.717) is 11.4 Å². The fourth-order valence-electron chi connectivity index (χ4n) is 1.43. The third-order valence-corrected chi connectivity index (χ3v) is 4.38. The van der Waals surface area contributed by atoms with Gasteiger partial charge in [0.25, 0.3) is 0 Å². The highest BCUT2D eigenvalue weighted by molar-refractivity contribution is 7.92. The molecular formula is C12H18N2O3S. The highest BCUT2D eigenvalue weighted by Gasteiger charge is 2.23. The minimum atomic E-state index is -3.40. The zero-order valence-electron chi connectivity index (χ0n) is 10.9. The summed E-state index contributed by atoms with van der Waals surface area (Å²) in [6.07, 6.45) is 1.04. The van der Waals surface area contributed by atoms with Crippen LogP contribution in [0.15, 0.2) is 12.1 Å². The molecule has 0 aliphatic rings. The number of hydrogen-bond donors (Lipinski definition) is 2. The van der Waals surface area contributed by atoms with Gasteiger partial charge < -0.3 is 11.1 Å². The van der Waals surface area contributed by atoms with E-state index >= 15 is 0 Å². The first-order valence-electron chi connectivity index (χ1n) is 5.49. The van der Waals surface area contributed by atoms with E-state index in [1.54, 1.807) is 6.07 Å². The Kier molecular flexibility index (Phi) is 4.01. The number of rotatable bonds is 3. The lowest BCUT2D eigenvalue weighted by Crippen LogP contribution is -2.32. The minimum Gasteiger partial charge on any atom is -0.398 e. The molecule has 1 unspecified atom stereocenters. The van der Waals surface area contributed by atoms with Crippen molar-refractivity contribution in [1.29, 1.82) is 0 Å². The van der Waals surface area contributed by atoms with Gasteiger partial charge in [-0.2, -0.15) is 0 Å². The van der Waals surface area contributed by atoms with Crippen LogP contribution in [-0.4, -0.2) is 25.8 Å². The molecule has 6 heteroatoms. The van der Waals surface area contributed by atoms with Gasteiger partial charge in [-0.25, -0.2) is 8.42 Å². The van der Waals surface area contributed by atoms with Crippen LogP contribution in [0.4, 0.5) is 11.4 Å². The minimum absolute atomic E-state index is 0.540. The van der Waals surface area contributed by atoms with E-state index in [-0.39, 0.29) is 0 Å². The van der Waals surface area contributed by atoms with Crippen LogP contribution >= 0.6 is 0 Å². The molecule has 5 nitrogen and oxygen atoms in total. The van der Waals surface area contributed by atoms with E-state index in [0.717, 1.165) is 17.4 Å². The normalized spacial score (nSPS) is 13.1. The molecule has 0 aliphatic heterocycles. The smallest absolute Gasteiger partial charge is 0.242 e. The quantitative estimate of drug-likeness (QED) is 0.809. The van der Waals surface area contributed by atoms with E-state index in [1.165, 1.54) is 6.92 Å². The molecule has 1 aromatic carbocycles. The summed E-state index contributed by atoms with van der Waals surface area (Å²) in [7, 11) is -3.40. The topological polar surface area (TPSA) is 89.3 Å². The predicted molar refractivity (Wildman–Crippen MR) is 73.3 cm³/mol. The first-order chi connectivity index (χ1) is 8.12. The molecule has 0 aromatic heterocycles. The van der Waals surface area contributed by atoms with Crippen LogP contribution in [0, 0.1) is 13.8 Å². The SMILES string of the molecule is Cc1cc(C)c(NC(=O)C(C)S(C)(=O)=O)cc1N. The Hall–Kier alpha value is -1.56. The number of aryl methyl sites for hydroxylation is 2. The van der Waals surface area contributed by atoms with Crippen molar-refractivity contribution in [2.45, 2.75) is 26.0 Å². The van der Waals surface area contributed by atoms with Gasteiger partial charge in [-0.15, -0.1) is 0 Å². The van der Waals surface area contributed by atoms with E-state index in [1.807, 2.05) is 19.9 Å². The molecule has 0 bridgehead atoms. The van der Waals surface area contributed by atoms with Gasteiger partial charge in [0.15, 0.2) is 9.84 Å². The summed E-state index contributed by atoms with van der Waals surface area (Å²) in [6.45, 7) is 5.05. The van der Waals surface area contributed by atoms with Crippen LogP contribution in [0.5, 0.6) is 0 Å². The van der Waals surface area contributed by atoms with E-state index in [9.17, 15) is 13.2 Å². The Morgan fingerprint density at radius 2 is 1.83 bits per heavy atom. The van der Waals surface area contributed by atoms with Crippen LogP contribution in [0.3, 0.4) is 0 Å². The highest BCUT2D eigenvalue weighted by atomic mass is 32.2. The van der Waals surface area contributed by atoms with Gasteiger partial charge >= 0.3 is 0 Å². The van der Waals surface area contributed by atoms with Crippen LogP contribution in [0.2, 0.25) is 0 Å². The average molecular weight is 270 g/mol. The maximum atomic E-state index is 11.8. The maximum Gasteiger partial charge on any atom is 0.242 e. The monoisotopic (exact) mass is 270 g/mol. The van der Waals surface area contributed by atoms with Gasteiger partial charge in [0.2, 0.25) is 5.91 Å². The van der Waals surface area contributed by atoms with Crippen molar-refractivity contribution in [2.24, 2.45) is 0 Å². The number of anilines is 2. The van der Waals surface area contributed by atoms with Crippen molar-refractivity contribution in [3.8, 4) is 0 Å². The molecule has 0 saturated heterocycles. The summed E-state index contributed by atoms with van der Waals surface area (Å²) in [6, 6.07) is 3.48. The number of carbonyl (C=O) groups is 1. The molecule has 0 saturated carbocycles. The van der Waals surface area contributed by atoms with Gasteiger partial charge in [-0.1, -0.05) is 6.07 Å². The summed E-state index contributed by atoms with van der Waals surface area (Å²) in [4.78, 5) is 11.8. The highest BCUT2D eigenvalue weighted by Crippen LogP contribution is 2.22. The number of nitrogen functional groups attached to an aromatic ring is 1. The molecule has 3 N–H and O–H groups in total. The largest absolute Gasteiger partial charge is 0.398 e. The Bertz CT molecular complexity index is 579. The average Bonchev–Trinajstić information content (AvgIpc) is 2.23. The zero-order valence-corrected chi connectivity index (χ0v) is 11.8. The van der Waals surface area contributed by atoms with Crippen LogP contribution < -0.4 is 11.1 Å². The van der Waals surface area contributed by atoms with Crippen LogP contribution in [-0.2, 0) is 14.6 Å². The van der Waals surface area contributed by atoms with Gasteiger partial charge in [-0.05, 0) is 38.0 Å². The molecule has 18 heavy (non-hydrogen) atoms. The van der Waals surface area contributed by atoms with Crippen molar-refractivity contribution in [3.63, 3.8) is 0 Å². The van der Waals surface area contributed by atoms with Gasteiger partial charge in [-0.3, -0.25) is 4.79 Å². The standard InChI is InChI=1S/C12H18N2O3S/c1-7-5-8(2)11(6-10(7)13)14-12(15)9(3)18(4,16)17/h5-6,9H,13H2,1-4H3,(H,14,15). The molecule has 1 atom stereocenters. The fourth-order valence-corrected chi connectivity index (χ4v) is 1.88. The van der Waals surface area contributed by atoms with Crippen molar-refractivity contribution in [2.75, 3.05) is 17.3 Å². The molecule has 0 spiro atoms. The number of benzene rings is 1. The van der Waals surface area contributed by atoms with Crippen molar-refractivity contribution in [1.82, 2.24) is 0 Å². The molecule has 0 radical (unpaired) electrons. The van der Waals surface area contributed by atoms with Gasteiger partial charge in [0, 0.05) is 17.6 Å². The summed E-state index contributed by atoms with van der Waals surface area (Å²) in [5.41, 5.74) is 8.62. The number of carbonyl (C=O) groups excluding carboxylic acids is 1. The lowest BCUT2D eigenvalue weighted by atomic mass is 10.1. The van der Waals surface area contributed by atoms with Crippen molar-refractivity contribution in [3.05, 3.63) is 23.3 Å². The Morgan fingerprint density at radius 3 is 2.33 bits per heavy atom.